The van der Waals surface area contributed by atoms with E-state index in [0.29, 0.717) is 12.2 Å². The van der Waals surface area contributed by atoms with Crippen molar-refractivity contribution in [3.63, 3.8) is 0 Å². The second kappa shape index (κ2) is 4.30. The summed E-state index contributed by atoms with van der Waals surface area (Å²) in [4.78, 5) is 0. The summed E-state index contributed by atoms with van der Waals surface area (Å²) < 4.78 is 14.3. The van der Waals surface area contributed by atoms with Crippen LogP contribution in [0.4, 0.5) is 4.39 Å². The van der Waals surface area contributed by atoms with E-state index in [9.17, 15) is 4.39 Å². The van der Waals surface area contributed by atoms with Crippen molar-refractivity contribution in [3.05, 3.63) is 21.8 Å². The molecule has 0 aromatic rings. The monoisotopic (exact) mass is 279 g/mol. The first-order chi connectivity index (χ1) is 5.77. The SMILES string of the molecule is N#CC1=CNC(/C(F)=C/I)CN1. The van der Waals surface area contributed by atoms with Gasteiger partial charge in [-0.2, -0.15) is 5.26 Å². The zero-order chi connectivity index (χ0) is 8.97. The first-order valence-electron chi connectivity index (χ1n) is 3.34. The highest BCUT2D eigenvalue weighted by Crippen LogP contribution is 2.09. The van der Waals surface area contributed by atoms with Gasteiger partial charge in [0.25, 0.3) is 0 Å². The third-order valence-electron chi connectivity index (χ3n) is 1.48. The topological polar surface area (TPSA) is 47.9 Å². The van der Waals surface area contributed by atoms with Crippen molar-refractivity contribution in [2.45, 2.75) is 6.04 Å². The van der Waals surface area contributed by atoms with E-state index in [-0.39, 0.29) is 11.9 Å². The van der Waals surface area contributed by atoms with Crippen LogP contribution in [0.2, 0.25) is 0 Å². The smallest absolute Gasteiger partial charge is 0.130 e. The average Bonchev–Trinajstić information content (AvgIpc) is 2.17. The Balaban J connectivity index is 2.59. The molecule has 0 saturated carbocycles. The molecule has 0 spiro atoms. The minimum Gasteiger partial charge on any atom is -0.378 e. The average molecular weight is 279 g/mol. The molecule has 1 aliphatic rings. The number of nitriles is 1. The van der Waals surface area contributed by atoms with E-state index in [0.717, 1.165) is 0 Å². The summed E-state index contributed by atoms with van der Waals surface area (Å²) in [5.41, 5.74) is 0.438. The summed E-state index contributed by atoms with van der Waals surface area (Å²) in [6, 6.07) is 1.58. The summed E-state index contributed by atoms with van der Waals surface area (Å²) in [6.07, 6.45) is 1.48. The fraction of sp³-hybridized carbons (Fsp3) is 0.286. The summed E-state index contributed by atoms with van der Waals surface area (Å²) in [7, 11) is 0. The van der Waals surface area contributed by atoms with Crippen LogP contribution in [0.15, 0.2) is 21.8 Å². The Labute approximate surface area is 83.5 Å². The molecule has 0 aromatic carbocycles. The molecular formula is C7H7FIN3. The molecule has 0 bridgehead atoms. The number of halogens is 2. The van der Waals surface area contributed by atoms with Crippen molar-refractivity contribution in [1.82, 2.24) is 10.6 Å². The maximum absolute atomic E-state index is 12.9. The summed E-state index contributed by atoms with van der Waals surface area (Å²) in [5.74, 6) is -0.226. The Morgan fingerprint density at radius 3 is 3.08 bits per heavy atom. The second-order valence-corrected chi connectivity index (χ2v) is 2.89. The van der Waals surface area contributed by atoms with Gasteiger partial charge in [-0.1, -0.05) is 22.6 Å². The van der Waals surface area contributed by atoms with Crippen LogP contribution in [0.1, 0.15) is 0 Å². The van der Waals surface area contributed by atoms with E-state index in [1.54, 1.807) is 0 Å². The van der Waals surface area contributed by atoms with Gasteiger partial charge in [0, 0.05) is 16.8 Å². The maximum Gasteiger partial charge on any atom is 0.130 e. The number of allylic oxidation sites excluding steroid dienone is 1. The van der Waals surface area contributed by atoms with Crippen molar-refractivity contribution in [2.75, 3.05) is 6.54 Å². The van der Waals surface area contributed by atoms with Crippen LogP contribution in [-0.4, -0.2) is 12.6 Å². The second-order valence-electron chi connectivity index (χ2n) is 2.26. The first kappa shape index (κ1) is 9.32. The van der Waals surface area contributed by atoms with Gasteiger partial charge in [-0.05, 0) is 0 Å². The van der Waals surface area contributed by atoms with Gasteiger partial charge in [0.1, 0.15) is 17.6 Å². The largest absolute Gasteiger partial charge is 0.378 e. The molecule has 0 fully saturated rings. The molecular weight excluding hydrogens is 272 g/mol. The normalized spacial score (nSPS) is 23.2. The molecule has 0 radical (unpaired) electrons. The lowest BCUT2D eigenvalue weighted by Crippen LogP contribution is -2.41. The molecule has 0 saturated heterocycles. The van der Waals surface area contributed by atoms with Crippen molar-refractivity contribution in [2.24, 2.45) is 0 Å². The molecule has 0 aliphatic carbocycles. The van der Waals surface area contributed by atoms with Gasteiger partial charge in [0.15, 0.2) is 0 Å². The molecule has 1 unspecified atom stereocenters. The first-order valence-corrected chi connectivity index (χ1v) is 4.58. The van der Waals surface area contributed by atoms with E-state index < -0.39 is 0 Å². The quantitative estimate of drug-likeness (QED) is 0.708. The third kappa shape index (κ3) is 2.11. The highest BCUT2D eigenvalue weighted by Gasteiger charge is 2.16. The standard InChI is InChI=1S/C7H7FIN3/c8-6(1-9)7-4-11-5(2-10)3-12-7/h1,3,7,11-12H,4H2/b6-1-. The number of rotatable bonds is 1. The Morgan fingerprint density at radius 2 is 2.67 bits per heavy atom. The van der Waals surface area contributed by atoms with E-state index in [4.69, 9.17) is 5.26 Å². The molecule has 1 rings (SSSR count). The molecule has 3 nitrogen and oxygen atoms in total. The lowest BCUT2D eigenvalue weighted by Gasteiger charge is -2.21. The highest BCUT2D eigenvalue weighted by atomic mass is 127. The van der Waals surface area contributed by atoms with Crippen molar-refractivity contribution >= 4 is 22.6 Å². The summed E-state index contributed by atoms with van der Waals surface area (Å²) in [6.45, 7) is 0.407. The van der Waals surface area contributed by atoms with Crippen LogP contribution in [0.5, 0.6) is 0 Å². The van der Waals surface area contributed by atoms with E-state index in [2.05, 4.69) is 10.6 Å². The maximum atomic E-state index is 12.9. The lowest BCUT2D eigenvalue weighted by atomic mass is 10.2. The Morgan fingerprint density at radius 1 is 1.92 bits per heavy atom. The van der Waals surface area contributed by atoms with Crippen LogP contribution >= 0.6 is 22.6 Å². The third-order valence-corrected chi connectivity index (χ3v) is 2.08. The molecule has 64 valence electrons. The fourth-order valence-electron chi connectivity index (χ4n) is 0.831. The minimum absolute atomic E-state index is 0.226. The van der Waals surface area contributed by atoms with Crippen LogP contribution in [0, 0.1) is 11.3 Å². The number of hydrogen-bond donors (Lipinski definition) is 2. The number of hydrogen-bond acceptors (Lipinski definition) is 3. The zero-order valence-corrected chi connectivity index (χ0v) is 8.30. The Kier molecular flexibility index (Phi) is 3.34. The van der Waals surface area contributed by atoms with Gasteiger partial charge < -0.3 is 10.6 Å². The van der Waals surface area contributed by atoms with Gasteiger partial charge in [0.2, 0.25) is 0 Å². The van der Waals surface area contributed by atoms with Crippen molar-refractivity contribution in [3.8, 4) is 6.07 Å². The number of nitrogens with one attached hydrogen (secondary N) is 2. The lowest BCUT2D eigenvalue weighted by molar-refractivity contribution is 0.476. The van der Waals surface area contributed by atoms with E-state index in [1.165, 1.54) is 10.3 Å². The van der Waals surface area contributed by atoms with Gasteiger partial charge in [0.05, 0.1) is 6.04 Å². The van der Waals surface area contributed by atoms with Gasteiger partial charge in [-0.3, -0.25) is 0 Å². The van der Waals surface area contributed by atoms with Crippen LogP contribution < -0.4 is 10.6 Å². The number of nitrogens with zero attached hydrogens (tertiary/aromatic N) is 1. The summed E-state index contributed by atoms with van der Waals surface area (Å²) >= 11 is 1.84. The molecule has 0 amide bonds. The molecule has 1 atom stereocenters. The van der Waals surface area contributed by atoms with Crippen LogP contribution in [0.3, 0.4) is 0 Å². The minimum atomic E-state index is -0.348. The molecule has 1 aliphatic heterocycles. The van der Waals surface area contributed by atoms with Crippen molar-refractivity contribution < 1.29 is 4.39 Å². The van der Waals surface area contributed by atoms with Crippen LogP contribution in [-0.2, 0) is 0 Å². The Hall–Kier alpha value is -0.770. The predicted octanol–water partition coefficient (Wildman–Crippen LogP) is 1.16. The highest BCUT2D eigenvalue weighted by molar-refractivity contribution is 14.1. The van der Waals surface area contributed by atoms with Gasteiger partial charge >= 0.3 is 0 Å². The fourth-order valence-corrected chi connectivity index (χ4v) is 1.26. The van der Waals surface area contributed by atoms with Crippen LogP contribution in [0.25, 0.3) is 0 Å². The summed E-state index contributed by atoms with van der Waals surface area (Å²) in [5, 5.41) is 14.0. The molecule has 5 heteroatoms. The predicted molar refractivity (Wildman–Crippen MR) is 51.8 cm³/mol. The molecule has 0 aromatic heterocycles. The van der Waals surface area contributed by atoms with Gasteiger partial charge in [-0.25, -0.2) is 4.39 Å². The zero-order valence-electron chi connectivity index (χ0n) is 6.14. The Bertz CT molecular complexity index is 266. The molecule has 2 N–H and O–H groups in total. The van der Waals surface area contributed by atoms with Crippen molar-refractivity contribution in [1.29, 1.82) is 5.26 Å². The molecule has 1 heterocycles. The molecule has 12 heavy (non-hydrogen) atoms. The van der Waals surface area contributed by atoms with E-state index in [1.807, 2.05) is 28.7 Å². The van der Waals surface area contributed by atoms with E-state index >= 15 is 0 Å². The van der Waals surface area contributed by atoms with Gasteiger partial charge in [-0.15, -0.1) is 0 Å².